The lowest BCUT2D eigenvalue weighted by molar-refractivity contribution is -0.117. The second kappa shape index (κ2) is 9.35. The van der Waals surface area contributed by atoms with E-state index in [9.17, 15) is 9.18 Å². The van der Waals surface area contributed by atoms with Crippen LogP contribution >= 0.6 is 0 Å². The molecule has 5 rings (SSSR count). The van der Waals surface area contributed by atoms with E-state index in [0.717, 1.165) is 23.5 Å². The minimum absolute atomic E-state index is 0.138. The quantitative estimate of drug-likeness (QED) is 0.482. The second-order valence-corrected chi connectivity index (χ2v) is 8.30. The summed E-state index contributed by atoms with van der Waals surface area (Å²) < 4.78 is 13.3. The number of amides is 1. The van der Waals surface area contributed by atoms with Crippen molar-refractivity contribution >= 4 is 17.5 Å². The summed E-state index contributed by atoms with van der Waals surface area (Å²) in [6.45, 7) is 2.57. The molecule has 0 saturated carbocycles. The smallest absolute Gasteiger partial charge is 0.247 e. The monoisotopic (exact) mass is 454 g/mol. The van der Waals surface area contributed by atoms with Gasteiger partial charge in [0.25, 0.3) is 0 Å². The van der Waals surface area contributed by atoms with Gasteiger partial charge in [0.2, 0.25) is 11.9 Å². The van der Waals surface area contributed by atoms with Crippen molar-refractivity contribution in [1.29, 1.82) is 0 Å². The number of hydrogen-bond donors (Lipinski definition) is 1. The minimum atomic E-state index is -0.497. The van der Waals surface area contributed by atoms with Gasteiger partial charge < -0.3 is 10.2 Å². The Morgan fingerprint density at radius 2 is 1.74 bits per heavy atom. The normalized spacial score (nSPS) is 17.5. The molecular weight excluding hydrogens is 431 g/mol. The molecule has 4 aromatic rings. The van der Waals surface area contributed by atoms with Gasteiger partial charge in [-0.1, -0.05) is 36.4 Å². The maximum atomic E-state index is 13.5. The average molecular weight is 455 g/mol. The summed E-state index contributed by atoms with van der Waals surface area (Å²) in [5.41, 5.74) is 3.46. The number of aromatic nitrogens is 4. The van der Waals surface area contributed by atoms with Crippen LogP contribution in [0, 0.1) is 12.7 Å². The van der Waals surface area contributed by atoms with Crippen LogP contribution in [-0.4, -0.2) is 38.4 Å². The molecule has 34 heavy (non-hydrogen) atoms. The Bertz CT molecular complexity index is 1280. The van der Waals surface area contributed by atoms with E-state index in [4.69, 9.17) is 0 Å². The van der Waals surface area contributed by atoms with E-state index in [1.807, 2.05) is 48.2 Å². The zero-order valence-electron chi connectivity index (χ0n) is 18.6. The molecule has 170 valence electrons. The van der Waals surface area contributed by atoms with Gasteiger partial charge in [0.05, 0.1) is 12.4 Å². The molecule has 1 aliphatic heterocycles. The van der Waals surface area contributed by atoms with Crippen LogP contribution in [0.15, 0.2) is 79.4 Å². The Balaban J connectivity index is 1.41. The molecule has 2 atom stereocenters. The highest BCUT2D eigenvalue weighted by atomic mass is 19.1. The lowest BCUT2D eigenvalue weighted by Crippen LogP contribution is -2.40. The van der Waals surface area contributed by atoms with Gasteiger partial charge in [0, 0.05) is 36.1 Å². The van der Waals surface area contributed by atoms with Gasteiger partial charge in [-0.2, -0.15) is 0 Å². The first-order chi connectivity index (χ1) is 16.6. The van der Waals surface area contributed by atoms with Crippen molar-refractivity contribution in [3.8, 4) is 11.4 Å². The van der Waals surface area contributed by atoms with Crippen molar-refractivity contribution in [3.63, 3.8) is 0 Å². The van der Waals surface area contributed by atoms with E-state index in [0.29, 0.717) is 30.4 Å². The van der Waals surface area contributed by atoms with Crippen LogP contribution < -0.4 is 10.2 Å². The van der Waals surface area contributed by atoms with E-state index in [1.165, 1.54) is 5.56 Å². The van der Waals surface area contributed by atoms with Crippen LogP contribution in [0.4, 0.5) is 16.0 Å². The minimum Gasteiger partial charge on any atom is -0.328 e. The van der Waals surface area contributed by atoms with Crippen LogP contribution in [-0.2, 0) is 4.79 Å². The third-order valence-electron chi connectivity index (χ3n) is 6.05. The van der Waals surface area contributed by atoms with Gasteiger partial charge in [-0.25, -0.2) is 24.3 Å². The molecule has 1 saturated heterocycles. The Hall–Kier alpha value is -4.20. The molecule has 0 radical (unpaired) electrons. The van der Waals surface area contributed by atoms with Gasteiger partial charge in [0.15, 0.2) is 11.6 Å². The van der Waals surface area contributed by atoms with Gasteiger partial charge in [-0.3, -0.25) is 4.79 Å². The maximum Gasteiger partial charge on any atom is 0.247 e. The lowest BCUT2D eigenvalue weighted by Gasteiger charge is -2.23. The molecule has 1 N–H and O–H groups in total. The Morgan fingerprint density at radius 1 is 1.00 bits per heavy atom. The molecule has 1 amide bonds. The lowest BCUT2D eigenvalue weighted by atomic mass is 9.96. The van der Waals surface area contributed by atoms with Crippen LogP contribution in [0.2, 0.25) is 0 Å². The Kier molecular flexibility index (Phi) is 5.95. The fourth-order valence-corrected chi connectivity index (χ4v) is 4.33. The molecule has 0 unspecified atom stereocenters. The number of rotatable bonds is 5. The summed E-state index contributed by atoms with van der Waals surface area (Å²) in [6, 6.07) is 17.1. The summed E-state index contributed by atoms with van der Waals surface area (Å²) in [5.74, 6) is 0.482. The van der Waals surface area contributed by atoms with Crippen molar-refractivity contribution < 1.29 is 9.18 Å². The zero-order chi connectivity index (χ0) is 23.5. The van der Waals surface area contributed by atoms with Gasteiger partial charge in [0.1, 0.15) is 6.04 Å². The fraction of sp³-hybridized carbons (Fsp3) is 0.192. The molecule has 0 bridgehead atoms. The number of halogens is 1. The second-order valence-electron chi connectivity index (χ2n) is 8.30. The predicted octanol–water partition coefficient (Wildman–Crippen LogP) is 4.38. The van der Waals surface area contributed by atoms with Crippen molar-refractivity contribution in [2.45, 2.75) is 25.3 Å². The van der Waals surface area contributed by atoms with Crippen LogP contribution in [0.25, 0.3) is 11.4 Å². The molecule has 0 spiro atoms. The first kappa shape index (κ1) is 21.6. The van der Waals surface area contributed by atoms with Crippen molar-refractivity contribution in [1.82, 2.24) is 19.9 Å². The molecule has 1 aliphatic rings. The molecule has 3 heterocycles. The van der Waals surface area contributed by atoms with Crippen molar-refractivity contribution in [3.05, 3.63) is 96.3 Å². The van der Waals surface area contributed by atoms with Crippen molar-refractivity contribution in [2.24, 2.45) is 0 Å². The number of hydrogen-bond acceptors (Lipinski definition) is 6. The Morgan fingerprint density at radius 3 is 2.47 bits per heavy atom. The third-order valence-corrected chi connectivity index (χ3v) is 6.05. The number of anilines is 2. The molecule has 0 aliphatic carbocycles. The summed E-state index contributed by atoms with van der Waals surface area (Å²) in [7, 11) is 0. The van der Waals surface area contributed by atoms with Gasteiger partial charge >= 0.3 is 0 Å². The molecule has 1 fully saturated rings. The fourth-order valence-electron chi connectivity index (χ4n) is 4.33. The van der Waals surface area contributed by atoms with Crippen LogP contribution in [0.5, 0.6) is 0 Å². The third kappa shape index (κ3) is 4.47. The highest BCUT2D eigenvalue weighted by molar-refractivity contribution is 5.97. The average Bonchev–Trinajstić information content (AvgIpc) is 3.33. The summed E-state index contributed by atoms with van der Waals surface area (Å²) in [5, 5.41) is 3.04. The molecule has 2 aromatic heterocycles. The maximum absolute atomic E-state index is 13.5. The largest absolute Gasteiger partial charge is 0.328 e. The van der Waals surface area contributed by atoms with Gasteiger partial charge in [-0.05, 0) is 42.7 Å². The topological polar surface area (TPSA) is 83.9 Å². The van der Waals surface area contributed by atoms with E-state index < -0.39 is 11.9 Å². The van der Waals surface area contributed by atoms with Crippen LogP contribution in [0.1, 0.15) is 23.5 Å². The SMILES string of the molecule is Cc1ccc(NC(=O)[C@H]2C[C@@H](c3ccccc3)CN2c2ncccn2)cc1-c1ncc(F)cn1. The van der Waals surface area contributed by atoms with Crippen molar-refractivity contribution in [2.75, 3.05) is 16.8 Å². The first-order valence-electron chi connectivity index (χ1n) is 11.1. The molecule has 8 heteroatoms. The zero-order valence-corrected chi connectivity index (χ0v) is 18.6. The predicted molar refractivity (Wildman–Crippen MR) is 128 cm³/mol. The highest BCUT2D eigenvalue weighted by Crippen LogP contribution is 2.34. The molecule has 7 nitrogen and oxygen atoms in total. The summed E-state index contributed by atoms with van der Waals surface area (Å²) in [4.78, 5) is 32.4. The first-order valence-corrected chi connectivity index (χ1v) is 11.1. The summed E-state index contributed by atoms with van der Waals surface area (Å²) in [6.07, 6.45) is 6.28. The number of carbonyl (C=O) groups excluding carboxylic acids is 1. The van der Waals surface area contributed by atoms with E-state index in [1.54, 1.807) is 18.5 Å². The molecular formula is C26H23FN6O. The Labute approximate surface area is 196 Å². The summed E-state index contributed by atoms with van der Waals surface area (Å²) >= 11 is 0. The number of nitrogens with zero attached hydrogens (tertiary/aromatic N) is 5. The highest BCUT2D eigenvalue weighted by Gasteiger charge is 2.38. The number of carbonyl (C=O) groups is 1. The number of nitrogens with one attached hydrogen (secondary N) is 1. The van der Waals surface area contributed by atoms with E-state index in [2.05, 4.69) is 37.4 Å². The van der Waals surface area contributed by atoms with Crippen LogP contribution in [0.3, 0.4) is 0 Å². The standard InChI is InChI=1S/C26H23FN6O/c1-17-8-9-21(13-22(17)24-30-14-20(27)15-31-24)32-25(34)23-12-19(18-6-3-2-4-7-18)16-33(23)26-28-10-5-11-29-26/h2-11,13-15,19,23H,12,16H2,1H3,(H,32,34)/t19-,23-/m1/s1. The van der Waals surface area contributed by atoms with E-state index in [-0.39, 0.29) is 11.8 Å². The number of aryl methyl sites for hydroxylation is 1. The molecule has 2 aromatic carbocycles. The van der Waals surface area contributed by atoms with E-state index >= 15 is 0 Å². The number of benzene rings is 2. The van der Waals surface area contributed by atoms with Gasteiger partial charge in [-0.15, -0.1) is 0 Å².